The lowest BCUT2D eigenvalue weighted by molar-refractivity contribution is -0.252. The topological polar surface area (TPSA) is 130 Å². The number of carbonyl (C=O) groups excluding carboxylic acids is 2. The fraction of sp³-hybridized carbons (Fsp3) is 0.857. The van der Waals surface area contributed by atoms with Crippen molar-refractivity contribution in [2.75, 3.05) is 0 Å². The zero-order chi connectivity index (χ0) is 32.4. The van der Waals surface area contributed by atoms with E-state index < -0.39 is 29.6 Å². The minimum atomic E-state index is -1.18. The van der Waals surface area contributed by atoms with Crippen LogP contribution in [-0.4, -0.2) is 56.6 Å². The maximum Gasteiger partial charge on any atom is 0.317 e. The largest absolute Gasteiger partial charge is 0.481 e. The Kier molecular flexibility index (Phi) is 8.80. The van der Waals surface area contributed by atoms with E-state index in [0.29, 0.717) is 12.8 Å². The van der Waals surface area contributed by atoms with Crippen LogP contribution in [0.5, 0.6) is 0 Å². The van der Waals surface area contributed by atoms with Crippen molar-refractivity contribution in [2.45, 2.75) is 144 Å². The molecule has 0 aromatic rings. The van der Waals surface area contributed by atoms with E-state index in [4.69, 9.17) is 14.6 Å². The second-order valence-corrected chi connectivity index (χ2v) is 16.6. The van der Waals surface area contributed by atoms with Crippen LogP contribution in [0.25, 0.3) is 0 Å². The first-order valence-corrected chi connectivity index (χ1v) is 16.3. The van der Waals surface area contributed by atoms with E-state index in [1.807, 2.05) is 13.0 Å². The molecule has 4 fully saturated rings. The van der Waals surface area contributed by atoms with Crippen LogP contribution in [0.2, 0.25) is 0 Å². The minimum absolute atomic E-state index is 0.00431. The molecule has 0 heterocycles. The van der Waals surface area contributed by atoms with Crippen molar-refractivity contribution in [3.8, 4) is 0 Å². The molecule has 2 unspecified atom stereocenters. The summed E-state index contributed by atoms with van der Waals surface area (Å²) in [6.07, 6.45) is 8.73. The quantitative estimate of drug-likeness (QED) is 0.173. The number of hydrogen-bond acceptors (Lipinski definition) is 7. The van der Waals surface area contributed by atoms with Gasteiger partial charge >= 0.3 is 17.9 Å². The summed E-state index contributed by atoms with van der Waals surface area (Å²) in [4.78, 5) is 36.1. The molecule has 4 saturated carbocycles. The van der Waals surface area contributed by atoms with Crippen molar-refractivity contribution in [3.05, 3.63) is 12.2 Å². The predicted molar refractivity (Wildman–Crippen MR) is 163 cm³/mol. The number of aliphatic carboxylic acids is 1. The third kappa shape index (κ3) is 5.92. The zero-order valence-corrected chi connectivity index (χ0v) is 27.9. The van der Waals surface area contributed by atoms with Gasteiger partial charge in [-0.05, 0) is 106 Å². The number of ether oxygens (including phenoxy) is 2. The highest BCUT2D eigenvalue weighted by Gasteiger charge is 2.72. The Bertz CT molecular complexity index is 1130. The van der Waals surface area contributed by atoms with Crippen molar-refractivity contribution < 1.29 is 39.2 Å². The molecular formula is C35H56O8. The number of carboxylic acids is 1. The molecule has 0 aromatic carbocycles. The van der Waals surface area contributed by atoms with Crippen LogP contribution in [0, 0.1) is 45.3 Å². The van der Waals surface area contributed by atoms with Gasteiger partial charge in [-0.2, -0.15) is 0 Å². The summed E-state index contributed by atoms with van der Waals surface area (Å²) in [5.41, 5.74) is -2.61. The monoisotopic (exact) mass is 604 g/mol. The molecule has 4 rings (SSSR count). The molecule has 244 valence electrons. The van der Waals surface area contributed by atoms with Gasteiger partial charge in [-0.25, -0.2) is 0 Å². The highest BCUT2D eigenvalue weighted by Crippen LogP contribution is 2.76. The molecular weight excluding hydrogens is 548 g/mol. The Balaban J connectivity index is 1.68. The van der Waals surface area contributed by atoms with E-state index in [9.17, 15) is 24.6 Å². The van der Waals surface area contributed by atoms with E-state index in [1.54, 1.807) is 19.9 Å². The second kappa shape index (κ2) is 11.1. The third-order valence-electron chi connectivity index (χ3n) is 13.0. The van der Waals surface area contributed by atoms with Gasteiger partial charge in [0, 0.05) is 18.3 Å². The first-order chi connectivity index (χ1) is 19.6. The number of hydrogen-bond donors (Lipinski definition) is 3. The Morgan fingerprint density at radius 3 is 2.09 bits per heavy atom. The SMILES string of the molecule is CC(=O)OC1C[C@@H]2[C@@]3(C)CCC(OC(=O)CC(=O)O)C(C)(C)[C@@H]3CC[C@@]2(C)[C@]2(C)CC[C@H]([C@@](C)(O)C/C=C/C(C)(C)O)[C@@H]12. The number of aliphatic hydroxyl groups is 2. The van der Waals surface area contributed by atoms with Gasteiger partial charge in [0.1, 0.15) is 18.6 Å². The highest BCUT2D eigenvalue weighted by molar-refractivity contribution is 5.90. The normalized spacial score (nSPS) is 41.8. The van der Waals surface area contributed by atoms with Crippen LogP contribution in [0.15, 0.2) is 12.2 Å². The predicted octanol–water partition coefficient (Wildman–Crippen LogP) is 6.07. The van der Waals surface area contributed by atoms with Gasteiger partial charge in [0.05, 0.1) is 11.2 Å². The van der Waals surface area contributed by atoms with E-state index >= 15 is 0 Å². The number of carbonyl (C=O) groups is 3. The van der Waals surface area contributed by atoms with Gasteiger partial charge in [0.15, 0.2) is 0 Å². The molecule has 0 amide bonds. The lowest BCUT2D eigenvalue weighted by Crippen LogP contribution is -2.67. The van der Waals surface area contributed by atoms with Crippen molar-refractivity contribution >= 4 is 17.9 Å². The van der Waals surface area contributed by atoms with Gasteiger partial charge in [0.2, 0.25) is 0 Å². The molecule has 0 saturated heterocycles. The maximum absolute atomic E-state index is 12.6. The van der Waals surface area contributed by atoms with E-state index in [2.05, 4.69) is 34.6 Å². The summed E-state index contributed by atoms with van der Waals surface area (Å²) in [5, 5.41) is 31.2. The standard InChI is InChI=1S/C35H56O8/c1-21(36)42-23-19-25-32(6)16-13-26(43-28(39)20-27(37)38)31(4,5)24(32)12-18-33(25,7)34(8)17-11-22(29(23)34)35(9,41)15-10-14-30(2,3)40/h10,14,22-26,29,40-41H,11-13,15-20H2,1-9H3,(H,37,38)/b14-10+/t22-,23?,24-,25+,26?,29-,32-,33+,34+,35-/m0/s1. The van der Waals surface area contributed by atoms with Gasteiger partial charge in [-0.3, -0.25) is 14.4 Å². The van der Waals surface area contributed by atoms with Crippen LogP contribution in [0.3, 0.4) is 0 Å². The molecule has 0 bridgehead atoms. The average molecular weight is 605 g/mol. The maximum atomic E-state index is 12.6. The molecule has 0 aromatic heterocycles. The van der Waals surface area contributed by atoms with E-state index in [-0.39, 0.29) is 63.5 Å². The molecule has 0 aliphatic heterocycles. The van der Waals surface area contributed by atoms with E-state index in [1.165, 1.54) is 6.92 Å². The third-order valence-corrected chi connectivity index (χ3v) is 13.0. The van der Waals surface area contributed by atoms with Gasteiger partial charge in [-0.15, -0.1) is 0 Å². The second-order valence-electron chi connectivity index (χ2n) is 16.6. The van der Waals surface area contributed by atoms with Crippen LogP contribution >= 0.6 is 0 Å². The van der Waals surface area contributed by atoms with Crippen molar-refractivity contribution in [1.29, 1.82) is 0 Å². The number of esters is 2. The summed E-state index contributed by atoms with van der Waals surface area (Å²) >= 11 is 0. The fourth-order valence-corrected chi connectivity index (χ4v) is 11.0. The minimum Gasteiger partial charge on any atom is -0.481 e. The lowest BCUT2D eigenvalue weighted by atomic mass is 9.35. The number of rotatable bonds is 8. The van der Waals surface area contributed by atoms with Crippen LogP contribution in [0.4, 0.5) is 0 Å². The summed E-state index contributed by atoms with van der Waals surface area (Å²) in [7, 11) is 0. The molecule has 3 N–H and O–H groups in total. The molecule has 8 nitrogen and oxygen atoms in total. The number of carboxylic acid groups (broad SMARTS) is 1. The van der Waals surface area contributed by atoms with Crippen LogP contribution in [0.1, 0.15) is 120 Å². The fourth-order valence-electron chi connectivity index (χ4n) is 11.0. The Morgan fingerprint density at radius 1 is 0.884 bits per heavy atom. The van der Waals surface area contributed by atoms with Crippen molar-refractivity contribution in [1.82, 2.24) is 0 Å². The molecule has 0 spiro atoms. The average Bonchev–Trinajstić information content (AvgIpc) is 3.21. The number of fused-ring (bicyclic) bond motifs is 5. The molecule has 4 aliphatic carbocycles. The molecule has 0 radical (unpaired) electrons. The van der Waals surface area contributed by atoms with Gasteiger partial charge in [-0.1, -0.05) is 46.8 Å². The first kappa shape index (κ1) is 34.0. The highest BCUT2D eigenvalue weighted by atomic mass is 16.5. The lowest BCUT2D eigenvalue weighted by Gasteiger charge is -2.70. The molecule has 4 aliphatic rings. The Hall–Kier alpha value is -1.93. The van der Waals surface area contributed by atoms with Crippen molar-refractivity contribution in [2.24, 2.45) is 45.3 Å². The van der Waals surface area contributed by atoms with Gasteiger partial charge in [0.25, 0.3) is 0 Å². The van der Waals surface area contributed by atoms with Crippen LogP contribution < -0.4 is 0 Å². The zero-order valence-electron chi connectivity index (χ0n) is 27.9. The summed E-state index contributed by atoms with van der Waals surface area (Å²) in [6.45, 7) is 18.3. The van der Waals surface area contributed by atoms with E-state index in [0.717, 1.165) is 38.5 Å². The van der Waals surface area contributed by atoms with Crippen molar-refractivity contribution in [3.63, 3.8) is 0 Å². The summed E-state index contributed by atoms with van der Waals surface area (Å²) in [5.74, 6) is -1.70. The Labute approximate surface area is 258 Å². The summed E-state index contributed by atoms with van der Waals surface area (Å²) in [6, 6.07) is 0. The molecule has 8 heteroatoms. The Morgan fingerprint density at radius 2 is 1.51 bits per heavy atom. The molecule has 10 atom stereocenters. The molecule has 43 heavy (non-hydrogen) atoms. The van der Waals surface area contributed by atoms with Crippen LogP contribution in [-0.2, 0) is 23.9 Å². The first-order valence-electron chi connectivity index (χ1n) is 16.3. The van der Waals surface area contributed by atoms with Gasteiger partial charge < -0.3 is 24.8 Å². The smallest absolute Gasteiger partial charge is 0.317 e. The summed E-state index contributed by atoms with van der Waals surface area (Å²) < 4.78 is 12.0.